The summed E-state index contributed by atoms with van der Waals surface area (Å²) in [6.45, 7) is 0. The van der Waals surface area contributed by atoms with Crippen LogP contribution in [0.4, 0.5) is 0 Å². The third kappa shape index (κ3) is 11.0. The second-order valence-corrected chi connectivity index (χ2v) is 0.753. The number of thiol groups is 1. The van der Waals surface area contributed by atoms with Gasteiger partial charge in [0.15, 0.2) is 0 Å². The molecule has 0 aromatic heterocycles. The van der Waals surface area contributed by atoms with Gasteiger partial charge in [-0.2, -0.15) is 0 Å². The fourth-order valence-corrected chi connectivity index (χ4v) is 0. The van der Waals surface area contributed by atoms with Crippen molar-refractivity contribution in [2.75, 3.05) is 0 Å². The van der Waals surface area contributed by atoms with Gasteiger partial charge in [0.1, 0.15) is 0 Å². The van der Waals surface area contributed by atoms with Gasteiger partial charge in [0, 0.05) is 16.5 Å². The second kappa shape index (κ2) is 8.91. The quantitative estimate of drug-likeness (QED) is 0.404. The van der Waals surface area contributed by atoms with E-state index in [0.717, 1.165) is 0 Å². The minimum atomic E-state index is -0.118. The molecule has 0 saturated heterocycles. The molecule has 0 spiro atoms. The predicted molar refractivity (Wildman–Crippen MR) is 9.67 cm³/mol. The minimum absolute atomic E-state index is 0. The molecule has 0 aliphatic carbocycles. The third-order valence-electron chi connectivity index (χ3n) is 0. The van der Waals surface area contributed by atoms with Crippen molar-refractivity contribution in [2.24, 2.45) is 0 Å². The van der Waals surface area contributed by atoms with Gasteiger partial charge in [-0.3, -0.25) is 0 Å². The van der Waals surface area contributed by atoms with Crippen LogP contribution in [0.5, 0.6) is 0 Å². The van der Waals surface area contributed by atoms with E-state index in [1.807, 2.05) is 0 Å². The Hall–Kier alpha value is 1.15. The molecule has 0 bridgehead atoms. The first-order chi connectivity index (χ1) is 1.41. The Morgan fingerprint density at radius 1 is 1.75 bits per heavy atom. The molecule has 1 nitrogen and oxygen atoms in total. The van der Waals surface area contributed by atoms with Crippen LogP contribution >= 0.6 is 11.1 Å². The van der Waals surface area contributed by atoms with Gasteiger partial charge in [-0.15, -0.1) is 0 Å². The number of rotatable bonds is 0. The van der Waals surface area contributed by atoms with Crippen molar-refractivity contribution in [3.05, 3.63) is 0 Å². The molecule has 0 atom stereocenters. The summed E-state index contributed by atoms with van der Waals surface area (Å²) in [6, 6.07) is 0. The molecule has 4 heavy (non-hydrogen) atoms. The molecule has 0 N–H and O–H groups in total. The zero-order chi connectivity index (χ0) is 2.71. The summed E-state index contributed by atoms with van der Waals surface area (Å²) in [4.78, 5) is 0. The van der Waals surface area contributed by atoms with Gasteiger partial charge >= 0.3 is 28.5 Å². The van der Waals surface area contributed by atoms with Crippen LogP contribution in [-0.4, -0.2) is 0 Å². The number of hydrogen-bond acceptors (Lipinski definition) is 1. The molecule has 0 rings (SSSR count). The topological polar surface area (TPSA) is 17.1 Å². The zero-order valence-electron chi connectivity index (χ0n) is 1.51. The maximum atomic E-state index is 8.76. The van der Waals surface area contributed by atoms with E-state index < -0.39 is 0 Å². The Morgan fingerprint density at radius 3 is 1.75 bits per heavy atom. The summed E-state index contributed by atoms with van der Waals surface area (Å²) in [5.41, 5.74) is 0. The van der Waals surface area contributed by atoms with E-state index in [4.69, 9.17) is 3.87 Å². The molecule has 0 heterocycles. The summed E-state index contributed by atoms with van der Waals surface area (Å²) in [5, 5.41) is 0. The van der Waals surface area contributed by atoms with Crippen molar-refractivity contribution >= 4 is 11.1 Å². The molecular weight excluding hydrogens is 166 g/mol. The predicted octanol–water partition coefficient (Wildman–Crippen LogP) is 0.257. The van der Waals surface area contributed by atoms with Crippen LogP contribution in [0.2, 0.25) is 0 Å². The maximum absolute atomic E-state index is 8.76. The summed E-state index contributed by atoms with van der Waals surface area (Å²) >= 11 is 3.08. The van der Waals surface area contributed by atoms with Crippen LogP contribution in [-0.2, 0) is 33.9 Å². The van der Waals surface area contributed by atoms with Crippen molar-refractivity contribution in [3.8, 4) is 0 Å². The van der Waals surface area contributed by atoms with Gasteiger partial charge in [-0.05, 0) is 0 Å². The summed E-state index contributed by atoms with van der Waals surface area (Å²) in [5.74, 6) is 0. The Labute approximate surface area is 45.1 Å². The zero-order valence-corrected chi connectivity index (χ0v) is 4.43. The van der Waals surface area contributed by atoms with E-state index in [-0.39, 0.29) is 30.0 Å². The molecule has 0 unspecified atom stereocenters. The van der Waals surface area contributed by atoms with Crippen LogP contribution in [0, 0.1) is 0 Å². The normalized spacial score (nSPS) is 5.25. The average molecular weight is 167 g/mol. The van der Waals surface area contributed by atoms with Crippen LogP contribution in [0.3, 0.4) is 0 Å². The first-order valence-electron chi connectivity index (χ1n) is 0.285. The first-order valence-corrected chi connectivity index (χ1v) is 2.40. The molecular formula is HCoNiOS. The molecule has 0 aliphatic rings. The fraction of sp³-hybridized carbons (Fsp3) is 0. The standard InChI is InChI=1S/Co.Ni.O.H2S/h;;;1H2/q+1;;;/p-1. The molecule has 0 amide bonds. The van der Waals surface area contributed by atoms with Gasteiger partial charge in [-0.25, -0.2) is 0 Å². The Morgan fingerprint density at radius 2 is 1.75 bits per heavy atom. The first kappa shape index (κ1) is 8.94. The van der Waals surface area contributed by atoms with Crippen LogP contribution in [0.1, 0.15) is 0 Å². The van der Waals surface area contributed by atoms with Gasteiger partial charge < -0.3 is 0 Å². The van der Waals surface area contributed by atoms with Crippen molar-refractivity contribution in [2.45, 2.75) is 0 Å². The second-order valence-electron chi connectivity index (χ2n) is 0.0609. The van der Waals surface area contributed by atoms with Gasteiger partial charge in [0.25, 0.3) is 0 Å². The molecule has 32 valence electrons. The van der Waals surface area contributed by atoms with E-state index in [0.29, 0.717) is 0 Å². The molecule has 0 aromatic rings. The van der Waals surface area contributed by atoms with Crippen LogP contribution in [0.15, 0.2) is 0 Å². The molecule has 0 radical (unpaired) electrons. The fourth-order valence-electron chi connectivity index (χ4n) is 0. The Balaban J connectivity index is 0. The SMILES string of the molecule is [Ni].[O]=[Co][SH]. The van der Waals surface area contributed by atoms with Crippen molar-refractivity contribution in [1.29, 1.82) is 0 Å². The summed E-state index contributed by atoms with van der Waals surface area (Å²) in [6.07, 6.45) is 0. The molecule has 0 saturated carbocycles. The Kier molecular flexibility index (Phi) is 19.9. The summed E-state index contributed by atoms with van der Waals surface area (Å²) in [7, 11) is 0. The van der Waals surface area contributed by atoms with Crippen molar-refractivity contribution < 1.29 is 33.9 Å². The monoisotopic (exact) mass is 166 g/mol. The van der Waals surface area contributed by atoms with E-state index in [1.165, 1.54) is 0 Å². The molecule has 4 heteroatoms. The average Bonchev–Trinajstić information content (AvgIpc) is 0.918. The van der Waals surface area contributed by atoms with Crippen molar-refractivity contribution in [1.82, 2.24) is 0 Å². The van der Waals surface area contributed by atoms with Gasteiger partial charge in [0.05, 0.1) is 0 Å². The van der Waals surface area contributed by atoms with E-state index in [1.54, 1.807) is 0 Å². The van der Waals surface area contributed by atoms with E-state index in [9.17, 15) is 0 Å². The van der Waals surface area contributed by atoms with Crippen LogP contribution in [0.25, 0.3) is 0 Å². The van der Waals surface area contributed by atoms with Crippen LogP contribution < -0.4 is 0 Å². The van der Waals surface area contributed by atoms with Crippen molar-refractivity contribution in [3.63, 3.8) is 0 Å². The Bertz CT molecular complexity index is 15.5. The third-order valence-corrected chi connectivity index (χ3v) is 0. The van der Waals surface area contributed by atoms with E-state index >= 15 is 0 Å². The molecule has 0 aliphatic heterocycles. The van der Waals surface area contributed by atoms with Gasteiger partial charge in [-0.1, -0.05) is 0 Å². The van der Waals surface area contributed by atoms with E-state index in [2.05, 4.69) is 11.1 Å². The molecule has 0 fully saturated rings. The number of hydrogen-bond donors (Lipinski definition) is 1. The van der Waals surface area contributed by atoms with Gasteiger partial charge in [0.2, 0.25) is 0 Å². The summed E-state index contributed by atoms with van der Waals surface area (Å²) < 4.78 is 8.76. The molecule has 0 aromatic carbocycles.